The van der Waals surface area contributed by atoms with Gasteiger partial charge in [0.2, 0.25) is 0 Å². The van der Waals surface area contributed by atoms with Crippen molar-refractivity contribution in [1.29, 1.82) is 0 Å². The van der Waals surface area contributed by atoms with Crippen LogP contribution < -0.4 is 9.47 Å². The van der Waals surface area contributed by atoms with E-state index in [4.69, 9.17) is 25.8 Å². The topological polar surface area (TPSA) is 44.8 Å². The van der Waals surface area contributed by atoms with Crippen molar-refractivity contribution in [2.75, 3.05) is 25.7 Å². The molecule has 0 aliphatic heterocycles. The first kappa shape index (κ1) is 16.2. The highest BCUT2D eigenvalue weighted by Gasteiger charge is 2.08. The van der Waals surface area contributed by atoms with Crippen LogP contribution in [0.1, 0.15) is 0 Å². The van der Waals surface area contributed by atoms with E-state index in [0.717, 1.165) is 22.6 Å². The molecule has 22 heavy (non-hydrogen) atoms. The fourth-order valence-corrected chi connectivity index (χ4v) is 2.07. The van der Waals surface area contributed by atoms with E-state index in [1.807, 2.05) is 36.4 Å². The van der Waals surface area contributed by atoms with E-state index in [0.29, 0.717) is 18.2 Å². The number of carbonyl (C=O) groups excluding carboxylic acids is 1. The normalized spacial score (nSPS) is 10.2. The standard InChI is InChI=1S/C17H17ClO4/c1-2-17(19)22-12-11-21-16-8-7-15(20-10-9-18)13-5-3-4-6-14(13)16/h2-8H,1,9-12H2. The Morgan fingerprint density at radius 3 is 2.14 bits per heavy atom. The second-order valence-corrected chi connectivity index (χ2v) is 4.74. The third-order valence-electron chi connectivity index (χ3n) is 2.93. The maximum Gasteiger partial charge on any atom is 0.330 e. The maximum atomic E-state index is 11.0. The third-order valence-corrected chi connectivity index (χ3v) is 3.08. The van der Waals surface area contributed by atoms with E-state index < -0.39 is 5.97 Å². The van der Waals surface area contributed by atoms with Crippen LogP contribution >= 0.6 is 11.6 Å². The van der Waals surface area contributed by atoms with E-state index >= 15 is 0 Å². The van der Waals surface area contributed by atoms with Crippen LogP contribution in [0.3, 0.4) is 0 Å². The Morgan fingerprint density at radius 1 is 1.00 bits per heavy atom. The van der Waals surface area contributed by atoms with Crippen molar-refractivity contribution >= 4 is 28.3 Å². The lowest BCUT2D eigenvalue weighted by molar-refractivity contribution is -0.138. The summed E-state index contributed by atoms with van der Waals surface area (Å²) in [6.07, 6.45) is 1.12. The van der Waals surface area contributed by atoms with Crippen molar-refractivity contribution in [3.8, 4) is 11.5 Å². The number of alkyl halides is 1. The molecule has 0 aromatic heterocycles. The van der Waals surface area contributed by atoms with Crippen LogP contribution in [0.25, 0.3) is 10.8 Å². The number of fused-ring (bicyclic) bond motifs is 1. The van der Waals surface area contributed by atoms with Gasteiger partial charge < -0.3 is 14.2 Å². The number of halogens is 1. The average Bonchev–Trinajstić information content (AvgIpc) is 2.57. The van der Waals surface area contributed by atoms with Crippen LogP contribution in [0.2, 0.25) is 0 Å². The van der Waals surface area contributed by atoms with Gasteiger partial charge in [0.15, 0.2) is 0 Å². The number of carbonyl (C=O) groups is 1. The molecule has 0 aliphatic carbocycles. The van der Waals surface area contributed by atoms with Gasteiger partial charge in [-0.3, -0.25) is 0 Å². The van der Waals surface area contributed by atoms with E-state index in [9.17, 15) is 4.79 Å². The molecule has 0 aliphatic rings. The summed E-state index contributed by atoms with van der Waals surface area (Å²) < 4.78 is 16.2. The Labute approximate surface area is 134 Å². The molecule has 0 N–H and O–H groups in total. The maximum absolute atomic E-state index is 11.0. The summed E-state index contributed by atoms with van der Waals surface area (Å²) in [5.41, 5.74) is 0. The minimum absolute atomic E-state index is 0.170. The highest BCUT2D eigenvalue weighted by atomic mass is 35.5. The van der Waals surface area contributed by atoms with Gasteiger partial charge in [-0.05, 0) is 12.1 Å². The molecule has 0 amide bonds. The van der Waals surface area contributed by atoms with Crippen molar-refractivity contribution in [1.82, 2.24) is 0 Å². The second-order valence-electron chi connectivity index (χ2n) is 4.36. The summed E-state index contributed by atoms with van der Waals surface area (Å²) in [5.74, 6) is 1.45. The van der Waals surface area contributed by atoms with Crippen molar-refractivity contribution in [2.45, 2.75) is 0 Å². The molecule has 2 rings (SSSR count). The molecule has 0 heterocycles. The summed E-state index contributed by atoms with van der Waals surface area (Å²) in [6.45, 7) is 4.22. The lowest BCUT2D eigenvalue weighted by Gasteiger charge is -2.13. The molecule has 0 unspecified atom stereocenters. The lowest BCUT2D eigenvalue weighted by atomic mass is 10.1. The average molecular weight is 321 g/mol. The predicted molar refractivity (Wildman–Crippen MR) is 86.8 cm³/mol. The monoisotopic (exact) mass is 320 g/mol. The molecule has 0 saturated heterocycles. The Balaban J connectivity index is 2.10. The smallest absolute Gasteiger partial charge is 0.330 e. The van der Waals surface area contributed by atoms with E-state index in [-0.39, 0.29) is 13.2 Å². The molecule has 0 spiro atoms. The number of benzene rings is 2. The molecule has 0 saturated carbocycles. The van der Waals surface area contributed by atoms with Gasteiger partial charge in [0, 0.05) is 16.8 Å². The first-order valence-corrected chi connectivity index (χ1v) is 7.42. The number of ether oxygens (including phenoxy) is 3. The fourth-order valence-electron chi connectivity index (χ4n) is 2.00. The van der Waals surface area contributed by atoms with Gasteiger partial charge in [0.25, 0.3) is 0 Å². The summed E-state index contributed by atoms with van der Waals surface area (Å²) in [7, 11) is 0. The molecule has 0 bridgehead atoms. The second kappa shape index (κ2) is 8.29. The minimum Gasteiger partial charge on any atom is -0.492 e. The molecule has 0 radical (unpaired) electrons. The highest BCUT2D eigenvalue weighted by Crippen LogP contribution is 2.33. The van der Waals surface area contributed by atoms with Crippen LogP contribution in [-0.4, -0.2) is 31.7 Å². The highest BCUT2D eigenvalue weighted by molar-refractivity contribution is 6.18. The number of rotatable bonds is 8. The predicted octanol–water partition coefficient (Wildman–Crippen LogP) is 3.57. The van der Waals surface area contributed by atoms with Gasteiger partial charge in [0.05, 0.1) is 5.88 Å². The molecule has 5 heteroatoms. The molecular weight excluding hydrogens is 304 g/mol. The number of hydrogen-bond donors (Lipinski definition) is 0. The van der Waals surface area contributed by atoms with Gasteiger partial charge in [-0.2, -0.15) is 0 Å². The van der Waals surface area contributed by atoms with Gasteiger partial charge in [-0.25, -0.2) is 4.79 Å². The lowest BCUT2D eigenvalue weighted by Crippen LogP contribution is -2.10. The van der Waals surface area contributed by atoms with Gasteiger partial charge in [-0.1, -0.05) is 30.8 Å². The SMILES string of the molecule is C=CC(=O)OCCOc1ccc(OCCCl)c2ccccc12. The van der Waals surface area contributed by atoms with E-state index in [2.05, 4.69) is 6.58 Å². The summed E-state index contributed by atoms with van der Waals surface area (Å²) in [5, 5.41) is 1.89. The van der Waals surface area contributed by atoms with Crippen molar-refractivity contribution in [3.63, 3.8) is 0 Å². The molecule has 0 fully saturated rings. The van der Waals surface area contributed by atoms with Crippen LogP contribution in [0.4, 0.5) is 0 Å². The first-order chi connectivity index (χ1) is 10.8. The summed E-state index contributed by atoms with van der Waals surface area (Å²) >= 11 is 5.66. The molecule has 0 atom stereocenters. The van der Waals surface area contributed by atoms with E-state index in [1.54, 1.807) is 0 Å². The van der Waals surface area contributed by atoms with Gasteiger partial charge in [-0.15, -0.1) is 11.6 Å². The van der Waals surface area contributed by atoms with Crippen molar-refractivity contribution in [3.05, 3.63) is 49.1 Å². The Hall–Kier alpha value is -2.20. The summed E-state index contributed by atoms with van der Waals surface area (Å²) in [4.78, 5) is 11.0. The minimum atomic E-state index is -0.460. The zero-order chi connectivity index (χ0) is 15.8. The molecule has 2 aromatic rings. The van der Waals surface area contributed by atoms with Crippen LogP contribution in [0.15, 0.2) is 49.1 Å². The quantitative estimate of drug-likeness (QED) is 0.323. The van der Waals surface area contributed by atoms with Crippen molar-refractivity contribution < 1.29 is 19.0 Å². The molecular formula is C17H17ClO4. The Kier molecular flexibility index (Phi) is 6.10. The van der Waals surface area contributed by atoms with Crippen molar-refractivity contribution in [2.24, 2.45) is 0 Å². The molecule has 4 nitrogen and oxygen atoms in total. The zero-order valence-electron chi connectivity index (χ0n) is 12.1. The number of hydrogen-bond acceptors (Lipinski definition) is 4. The van der Waals surface area contributed by atoms with Crippen LogP contribution in [0.5, 0.6) is 11.5 Å². The zero-order valence-corrected chi connectivity index (χ0v) is 12.8. The van der Waals surface area contributed by atoms with Gasteiger partial charge >= 0.3 is 5.97 Å². The Bertz CT molecular complexity index is 654. The largest absolute Gasteiger partial charge is 0.492 e. The first-order valence-electron chi connectivity index (χ1n) is 6.88. The molecule has 2 aromatic carbocycles. The van der Waals surface area contributed by atoms with Crippen LogP contribution in [-0.2, 0) is 9.53 Å². The summed E-state index contributed by atoms with van der Waals surface area (Å²) in [6, 6.07) is 11.5. The fraction of sp³-hybridized carbons (Fsp3) is 0.235. The number of esters is 1. The van der Waals surface area contributed by atoms with Crippen LogP contribution in [0, 0.1) is 0 Å². The van der Waals surface area contributed by atoms with Gasteiger partial charge in [0.1, 0.15) is 31.3 Å². The van der Waals surface area contributed by atoms with E-state index in [1.165, 1.54) is 0 Å². The third kappa shape index (κ3) is 4.15. The molecule has 116 valence electrons. The Morgan fingerprint density at radius 2 is 1.59 bits per heavy atom.